The Hall–Kier alpha value is -0.670. The number of thiazole rings is 1. The van der Waals surface area contributed by atoms with Gasteiger partial charge >= 0.3 is 0 Å². The Bertz CT molecular complexity index is 302. The molecule has 0 aliphatic carbocycles. The number of rotatable bonds is 5. The van der Waals surface area contributed by atoms with Crippen molar-refractivity contribution in [2.45, 2.75) is 33.7 Å². The summed E-state index contributed by atoms with van der Waals surface area (Å²) in [7, 11) is 0. The molecule has 2 nitrogen and oxygen atoms in total. The van der Waals surface area contributed by atoms with E-state index in [1.54, 1.807) is 11.3 Å². The second kappa shape index (κ2) is 5.94. The standard InChI is InChI=1S/C11H18N2S/c1-4-5-6-7-12-8-11-9(2)13-10(3)14-11/h4-5,12H,6-8H2,1-3H3/b5-4+. The Morgan fingerprint density at radius 2 is 2.21 bits per heavy atom. The number of nitrogens with one attached hydrogen (secondary N) is 1. The quantitative estimate of drug-likeness (QED) is 0.597. The molecule has 0 radical (unpaired) electrons. The van der Waals surface area contributed by atoms with Crippen LogP contribution in [0.5, 0.6) is 0 Å². The number of hydrogen-bond donors (Lipinski definition) is 1. The summed E-state index contributed by atoms with van der Waals surface area (Å²) in [6.45, 7) is 8.18. The summed E-state index contributed by atoms with van der Waals surface area (Å²) >= 11 is 1.79. The van der Waals surface area contributed by atoms with Crippen molar-refractivity contribution >= 4 is 11.3 Å². The van der Waals surface area contributed by atoms with E-state index < -0.39 is 0 Å². The third-order valence-electron chi connectivity index (χ3n) is 2.01. The van der Waals surface area contributed by atoms with E-state index in [9.17, 15) is 0 Å². The zero-order valence-corrected chi connectivity index (χ0v) is 9.95. The van der Waals surface area contributed by atoms with Gasteiger partial charge in [0.2, 0.25) is 0 Å². The number of nitrogens with zero attached hydrogens (tertiary/aromatic N) is 1. The Morgan fingerprint density at radius 3 is 2.79 bits per heavy atom. The number of aryl methyl sites for hydroxylation is 2. The topological polar surface area (TPSA) is 24.9 Å². The average molecular weight is 210 g/mol. The molecule has 0 saturated carbocycles. The first-order chi connectivity index (χ1) is 6.74. The van der Waals surface area contributed by atoms with Crippen LogP contribution in [-0.2, 0) is 6.54 Å². The molecule has 0 unspecified atom stereocenters. The Balaban J connectivity index is 2.27. The lowest BCUT2D eigenvalue weighted by atomic mass is 10.3. The van der Waals surface area contributed by atoms with Crippen molar-refractivity contribution < 1.29 is 0 Å². The highest BCUT2D eigenvalue weighted by Gasteiger charge is 2.02. The highest BCUT2D eigenvalue weighted by molar-refractivity contribution is 7.11. The molecule has 1 heterocycles. The monoisotopic (exact) mass is 210 g/mol. The maximum Gasteiger partial charge on any atom is 0.0900 e. The van der Waals surface area contributed by atoms with Crippen LogP contribution >= 0.6 is 11.3 Å². The third-order valence-corrected chi connectivity index (χ3v) is 3.08. The fourth-order valence-electron chi connectivity index (χ4n) is 1.29. The Morgan fingerprint density at radius 1 is 1.43 bits per heavy atom. The maximum atomic E-state index is 4.39. The van der Waals surface area contributed by atoms with Crippen LogP contribution in [0.25, 0.3) is 0 Å². The molecule has 1 aromatic rings. The number of hydrogen-bond acceptors (Lipinski definition) is 3. The van der Waals surface area contributed by atoms with Crippen LogP contribution in [0, 0.1) is 13.8 Å². The fourth-order valence-corrected chi connectivity index (χ4v) is 2.20. The maximum absolute atomic E-state index is 4.39. The molecule has 0 fully saturated rings. The van der Waals surface area contributed by atoms with Crippen molar-refractivity contribution in [3.8, 4) is 0 Å². The highest BCUT2D eigenvalue weighted by Crippen LogP contribution is 2.16. The van der Waals surface area contributed by atoms with Crippen LogP contribution in [0.1, 0.15) is 28.9 Å². The van der Waals surface area contributed by atoms with Crippen molar-refractivity contribution in [1.82, 2.24) is 10.3 Å². The molecule has 3 heteroatoms. The minimum atomic E-state index is 0.953. The largest absolute Gasteiger partial charge is 0.311 e. The van der Waals surface area contributed by atoms with Crippen LogP contribution in [0.2, 0.25) is 0 Å². The minimum absolute atomic E-state index is 0.953. The van der Waals surface area contributed by atoms with Gasteiger partial charge in [-0.3, -0.25) is 0 Å². The first kappa shape index (κ1) is 11.4. The lowest BCUT2D eigenvalue weighted by molar-refractivity contribution is 0.698. The molecule has 0 amide bonds. The Labute approximate surface area is 90.1 Å². The van der Waals surface area contributed by atoms with Crippen molar-refractivity contribution in [2.24, 2.45) is 0 Å². The second-order valence-electron chi connectivity index (χ2n) is 3.28. The van der Waals surface area contributed by atoms with E-state index in [1.807, 2.05) is 0 Å². The summed E-state index contributed by atoms with van der Waals surface area (Å²) in [6, 6.07) is 0. The molecular weight excluding hydrogens is 192 g/mol. The SMILES string of the molecule is C/C=C/CCNCc1sc(C)nc1C. The highest BCUT2D eigenvalue weighted by atomic mass is 32.1. The molecule has 0 aliphatic heterocycles. The number of allylic oxidation sites excluding steroid dienone is 1. The number of aromatic nitrogens is 1. The first-order valence-corrected chi connectivity index (χ1v) is 5.80. The molecule has 1 aromatic heterocycles. The summed E-state index contributed by atoms with van der Waals surface area (Å²) in [6.07, 6.45) is 5.37. The molecule has 0 aromatic carbocycles. The molecule has 0 aliphatic rings. The van der Waals surface area contributed by atoms with Crippen LogP contribution in [0.15, 0.2) is 12.2 Å². The van der Waals surface area contributed by atoms with E-state index in [2.05, 4.69) is 43.2 Å². The fraction of sp³-hybridized carbons (Fsp3) is 0.545. The summed E-state index contributed by atoms with van der Waals surface area (Å²) < 4.78 is 0. The average Bonchev–Trinajstić information content (AvgIpc) is 2.45. The lowest BCUT2D eigenvalue weighted by Gasteiger charge is -2.00. The summed E-state index contributed by atoms with van der Waals surface area (Å²) in [5, 5.41) is 4.57. The lowest BCUT2D eigenvalue weighted by Crippen LogP contribution is -2.13. The van der Waals surface area contributed by atoms with E-state index in [-0.39, 0.29) is 0 Å². The normalized spacial score (nSPS) is 11.4. The zero-order valence-electron chi connectivity index (χ0n) is 9.13. The summed E-state index contributed by atoms with van der Waals surface area (Å²) in [5.41, 5.74) is 1.17. The van der Waals surface area contributed by atoms with E-state index >= 15 is 0 Å². The summed E-state index contributed by atoms with van der Waals surface area (Å²) in [4.78, 5) is 5.75. The van der Waals surface area contributed by atoms with E-state index in [1.165, 1.54) is 10.6 Å². The van der Waals surface area contributed by atoms with Gasteiger partial charge in [0.05, 0.1) is 10.7 Å². The van der Waals surface area contributed by atoms with Gasteiger partial charge in [0.1, 0.15) is 0 Å². The van der Waals surface area contributed by atoms with E-state index in [4.69, 9.17) is 0 Å². The Kier molecular flexibility index (Phi) is 4.84. The first-order valence-electron chi connectivity index (χ1n) is 4.99. The van der Waals surface area contributed by atoms with Crippen LogP contribution in [0.3, 0.4) is 0 Å². The van der Waals surface area contributed by atoms with Gasteiger partial charge in [0.15, 0.2) is 0 Å². The van der Waals surface area contributed by atoms with Gasteiger partial charge in [-0.05, 0) is 33.7 Å². The molecule has 14 heavy (non-hydrogen) atoms. The van der Waals surface area contributed by atoms with Gasteiger partial charge in [0, 0.05) is 11.4 Å². The molecular formula is C11H18N2S. The third kappa shape index (κ3) is 3.60. The molecule has 1 N–H and O–H groups in total. The molecule has 1 rings (SSSR count). The van der Waals surface area contributed by atoms with Gasteiger partial charge < -0.3 is 5.32 Å². The van der Waals surface area contributed by atoms with Gasteiger partial charge in [-0.2, -0.15) is 0 Å². The molecule has 0 spiro atoms. The molecule has 0 bridgehead atoms. The predicted molar refractivity (Wildman–Crippen MR) is 62.7 cm³/mol. The molecule has 0 saturated heterocycles. The van der Waals surface area contributed by atoms with E-state index in [0.717, 1.165) is 24.5 Å². The van der Waals surface area contributed by atoms with Crippen molar-refractivity contribution in [3.63, 3.8) is 0 Å². The van der Waals surface area contributed by atoms with Crippen LogP contribution in [0.4, 0.5) is 0 Å². The van der Waals surface area contributed by atoms with Gasteiger partial charge in [-0.25, -0.2) is 4.98 Å². The predicted octanol–water partition coefficient (Wildman–Crippen LogP) is 2.82. The minimum Gasteiger partial charge on any atom is -0.311 e. The van der Waals surface area contributed by atoms with Crippen molar-refractivity contribution in [3.05, 3.63) is 27.7 Å². The smallest absolute Gasteiger partial charge is 0.0900 e. The van der Waals surface area contributed by atoms with Crippen LogP contribution in [-0.4, -0.2) is 11.5 Å². The molecule has 0 atom stereocenters. The zero-order chi connectivity index (χ0) is 10.4. The van der Waals surface area contributed by atoms with Crippen molar-refractivity contribution in [1.29, 1.82) is 0 Å². The van der Waals surface area contributed by atoms with Gasteiger partial charge in [0.25, 0.3) is 0 Å². The van der Waals surface area contributed by atoms with E-state index in [0.29, 0.717) is 0 Å². The van der Waals surface area contributed by atoms with Gasteiger partial charge in [-0.1, -0.05) is 12.2 Å². The van der Waals surface area contributed by atoms with Crippen LogP contribution < -0.4 is 5.32 Å². The summed E-state index contributed by atoms with van der Waals surface area (Å²) in [5.74, 6) is 0. The second-order valence-corrected chi connectivity index (χ2v) is 4.56. The van der Waals surface area contributed by atoms with Gasteiger partial charge in [-0.15, -0.1) is 11.3 Å². The molecule has 78 valence electrons. The van der Waals surface area contributed by atoms with Crippen molar-refractivity contribution in [2.75, 3.05) is 6.54 Å².